The maximum absolute atomic E-state index is 13.4. The molecule has 1 heterocycles. The van der Waals surface area contributed by atoms with Gasteiger partial charge in [-0.2, -0.15) is 0 Å². The van der Waals surface area contributed by atoms with Crippen molar-refractivity contribution in [3.8, 4) is 0 Å². The molecule has 0 unspecified atom stereocenters. The molecular weight excluding hydrogens is 293 g/mol. The lowest BCUT2D eigenvalue weighted by Crippen LogP contribution is -2.00. The van der Waals surface area contributed by atoms with Crippen LogP contribution in [0.25, 0.3) is 0 Å². The molecule has 2 aromatic rings. The lowest BCUT2D eigenvalue weighted by Gasteiger charge is -2.05. The Labute approximate surface area is 115 Å². The van der Waals surface area contributed by atoms with E-state index >= 15 is 0 Å². The fraction of sp³-hybridized carbons (Fsp3) is 0.167. The molecule has 0 aliphatic carbocycles. The van der Waals surface area contributed by atoms with E-state index < -0.39 is 29.1 Å². The van der Waals surface area contributed by atoms with Gasteiger partial charge in [0, 0.05) is 23.9 Å². The smallest absolute Gasteiger partial charge is 0.303 e. The number of rotatable bonds is 5. The summed E-state index contributed by atoms with van der Waals surface area (Å²) in [4.78, 5) is 14.4. The van der Waals surface area contributed by atoms with Crippen molar-refractivity contribution in [2.75, 3.05) is 5.32 Å². The van der Waals surface area contributed by atoms with Crippen LogP contribution in [0.5, 0.6) is 0 Å². The van der Waals surface area contributed by atoms with Crippen LogP contribution in [-0.2, 0) is 11.2 Å². The molecular formula is C12H9F3N2O2S. The Kier molecular flexibility index (Phi) is 4.23. The molecule has 0 aliphatic heterocycles. The number of halogens is 3. The number of thiazole rings is 1. The second kappa shape index (κ2) is 5.91. The topological polar surface area (TPSA) is 62.2 Å². The van der Waals surface area contributed by atoms with Crippen LogP contribution in [-0.4, -0.2) is 16.1 Å². The van der Waals surface area contributed by atoms with Crippen LogP contribution >= 0.6 is 11.3 Å². The Hall–Kier alpha value is -2.09. The number of carboxylic acids is 1. The van der Waals surface area contributed by atoms with Crippen molar-refractivity contribution in [3.05, 3.63) is 40.7 Å². The quantitative estimate of drug-likeness (QED) is 0.889. The number of carbonyl (C=O) groups is 1. The molecule has 4 nitrogen and oxygen atoms in total. The van der Waals surface area contributed by atoms with Gasteiger partial charge in [0.05, 0.1) is 12.1 Å². The molecule has 20 heavy (non-hydrogen) atoms. The minimum absolute atomic E-state index is 0.0809. The van der Waals surface area contributed by atoms with Crippen LogP contribution in [0.3, 0.4) is 0 Å². The SMILES string of the molecule is O=C(O)CCc1csc(Nc2c(F)cc(F)cc2F)n1. The molecule has 0 fully saturated rings. The highest BCUT2D eigenvalue weighted by Crippen LogP contribution is 2.26. The van der Waals surface area contributed by atoms with E-state index in [1.54, 1.807) is 5.38 Å². The van der Waals surface area contributed by atoms with E-state index in [1.807, 2.05) is 0 Å². The summed E-state index contributed by atoms with van der Waals surface area (Å²) in [7, 11) is 0. The van der Waals surface area contributed by atoms with Crippen molar-refractivity contribution in [2.45, 2.75) is 12.8 Å². The Bertz CT molecular complexity index is 622. The average Bonchev–Trinajstić information content (AvgIpc) is 2.79. The molecule has 0 atom stereocenters. The molecule has 0 saturated carbocycles. The van der Waals surface area contributed by atoms with Crippen LogP contribution < -0.4 is 5.32 Å². The van der Waals surface area contributed by atoms with E-state index in [9.17, 15) is 18.0 Å². The summed E-state index contributed by atoms with van der Waals surface area (Å²) in [6, 6.07) is 1.12. The van der Waals surface area contributed by atoms with Crippen LogP contribution in [0.1, 0.15) is 12.1 Å². The number of nitrogens with one attached hydrogen (secondary N) is 1. The molecule has 1 aromatic carbocycles. The van der Waals surface area contributed by atoms with Crippen molar-refractivity contribution in [3.63, 3.8) is 0 Å². The first-order chi connectivity index (χ1) is 9.45. The number of anilines is 2. The van der Waals surface area contributed by atoms with Crippen LogP contribution in [0.15, 0.2) is 17.5 Å². The highest BCUT2D eigenvalue weighted by molar-refractivity contribution is 7.13. The van der Waals surface area contributed by atoms with Crippen molar-refractivity contribution in [1.82, 2.24) is 4.98 Å². The molecule has 2 N–H and O–H groups in total. The summed E-state index contributed by atoms with van der Waals surface area (Å²) in [5, 5.41) is 12.8. The molecule has 0 aliphatic rings. The zero-order valence-corrected chi connectivity index (χ0v) is 10.8. The van der Waals surface area contributed by atoms with Crippen LogP contribution in [0, 0.1) is 17.5 Å². The zero-order valence-electron chi connectivity index (χ0n) is 9.99. The van der Waals surface area contributed by atoms with Gasteiger partial charge in [-0.05, 0) is 0 Å². The zero-order chi connectivity index (χ0) is 14.7. The highest BCUT2D eigenvalue weighted by atomic mass is 32.1. The number of hydrogen-bond donors (Lipinski definition) is 2. The van der Waals surface area contributed by atoms with Crippen LogP contribution in [0.4, 0.5) is 24.0 Å². The number of aromatic nitrogens is 1. The third-order valence-electron chi connectivity index (χ3n) is 2.39. The number of nitrogens with zero attached hydrogens (tertiary/aromatic N) is 1. The van der Waals surface area contributed by atoms with Gasteiger partial charge in [0.1, 0.15) is 11.5 Å². The Morgan fingerprint density at radius 1 is 1.30 bits per heavy atom. The summed E-state index contributed by atoms with van der Waals surface area (Å²) < 4.78 is 39.6. The number of hydrogen-bond acceptors (Lipinski definition) is 4. The first-order valence-electron chi connectivity index (χ1n) is 5.53. The average molecular weight is 302 g/mol. The summed E-state index contributed by atoms with van der Waals surface area (Å²) in [6.45, 7) is 0. The van der Waals surface area contributed by atoms with E-state index in [2.05, 4.69) is 10.3 Å². The minimum atomic E-state index is -1.07. The van der Waals surface area contributed by atoms with Gasteiger partial charge >= 0.3 is 5.97 Å². The van der Waals surface area contributed by atoms with Gasteiger partial charge in [-0.1, -0.05) is 0 Å². The molecule has 0 radical (unpaired) electrons. The van der Waals surface area contributed by atoms with Gasteiger partial charge in [0.2, 0.25) is 0 Å². The van der Waals surface area contributed by atoms with Gasteiger partial charge in [0.25, 0.3) is 0 Å². The minimum Gasteiger partial charge on any atom is -0.481 e. The number of benzene rings is 1. The molecule has 8 heteroatoms. The monoisotopic (exact) mass is 302 g/mol. The third kappa shape index (κ3) is 3.47. The lowest BCUT2D eigenvalue weighted by molar-refractivity contribution is -0.136. The fourth-order valence-corrected chi connectivity index (χ4v) is 2.23. The lowest BCUT2D eigenvalue weighted by atomic mass is 10.2. The Morgan fingerprint density at radius 3 is 2.55 bits per heavy atom. The van der Waals surface area contributed by atoms with Crippen molar-refractivity contribution < 1.29 is 23.1 Å². The van der Waals surface area contributed by atoms with E-state index in [-0.39, 0.29) is 18.0 Å². The normalized spacial score (nSPS) is 10.6. The molecule has 1 aromatic heterocycles. The second-order valence-electron chi connectivity index (χ2n) is 3.91. The van der Waals surface area contributed by atoms with Gasteiger partial charge in [-0.25, -0.2) is 18.2 Å². The molecule has 106 valence electrons. The predicted molar refractivity (Wildman–Crippen MR) is 67.7 cm³/mol. The van der Waals surface area contributed by atoms with Gasteiger partial charge in [-0.3, -0.25) is 4.79 Å². The molecule has 0 saturated heterocycles. The van der Waals surface area contributed by atoms with E-state index in [4.69, 9.17) is 5.11 Å². The third-order valence-corrected chi connectivity index (χ3v) is 3.19. The summed E-state index contributed by atoms with van der Waals surface area (Å²) in [5.74, 6) is -4.09. The summed E-state index contributed by atoms with van der Waals surface area (Å²) in [5.41, 5.74) is 0.00774. The standard InChI is InChI=1S/C12H9F3N2O2S/c13-6-3-8(14)11(9(15)4-6)17-12-16-7(5-20-12)1-2-10(18)19/h3-5H,1-2H2,(H,16,17)(H,18,19). The van der Waals surface area contributed by atoms with Crippen molar-refractivity contribution in [1.29, 1.82) is 0 Å². The van der Waals surface area contributed by atoms with E-state index in [1.165, 1.54) is 0 Å². The number of aryl methyl sites for hydroxylation is 1. The predicted octanol–water partition coefficient (Wildman–Crippen LogP) is 3.32. The van der Waals surface area contributed by atoms with E-state index in [0.29, 0.717) is 17.8 Å². The van der Waals surface area contributed by atoms with Gasteiger partial charge in [-0.15, -0.1) is 11.3 Å². The molecule has 0 spiro atoms. The fourth-order valence-electron chi connectivity index (χ4n) is 1.48. The number of carboxylic acid groups (broad SMARTS) is 1. The summed E-state index contributed by atoms with van der Waals surface area (Å²) >= 11 is 1.08. The molecule has 0 bridgehead atoms. The first-order valence-corrected chi connectivity index (χ1v) is 6.41. The maximum Gasteiger partial charge on any atom is 0.303 e. The van der Waals surface area contributed by atoms with Gasteiger partial charge in [0.15, 0.2) is 16.8 Å². The maximum atomic E-state index is 13.4. The van der Waals surface area contributed by atoms with Crippen LogP contribution in [0.2, 0.25) is 0 Å². The van der Waals surface area contributed by atoms with E-state index in [0.717, 1.165) is 11.3 Å². The second-order valence-corrected chi connectivity index (χ2v) is 4.77. The van der Waals surface area contributed by atoms with Gasteiger partial charge < -0.3 is 10.4 Å². The highest BCUT2D eigenvalue weighted by Gasteiger charge is 2.13. The van der Waals surface area contributed by atoms with Crippen molar-refractivity contribution in [2.24, 2.45) is 0 Å². The summed E-state index contributed by atoms with van der Waals surface area (Å²) in [6.07, 6.45) is 0.143. The van der Waals surface area contributed by atoms with Crippen molar-refractivity contribution >= 4 is 28.1 Å². The largest absolute Gasteiger partial charge is 0.481 e. The number of aliphatic carboxylic acids is 1. The molecule has 0 amide bonds. The molecule has 2 rings (SSSR count). The Balaban J connectivity index is 2.13. The first kappa shape index (κ1) is 14.3. The Morgan fingerprint density at radius 2 is 1.95 bits per heavy atom.